The van der Waals surface area contributed by atoms with Crippen LogP contribution in [0.2, 0.25) is 0 Å². The quantitative estimate of drug-likeness (QED) is 0.517. The van der Waals surface area contributed by atoms with Crippen LogP contribution in [0, 0.1) is 0 Å². The van der Waals surface area contributed by atoms with Crippen molar-refractivity contribution < 1.29 is 17.9 Å². The third-order valence-electron chi connectivity index (χ3n) is 2.51. The first-order chi connectivity index (χ1) is 8.53. The van der Waals surface area contributed by atoms with E-state index in [1.807, 2.05) is 6.92 Å². The summed E-state index contributed by atoms with van der Waals surface area (Å²) in [5.74, 6) is -0.805. The van der Waals surface area contributed by atoms with E-state index in [4.69, 9.17) is 4.74 Å². The summed E-state index contributed by atoms with van der Waals surface area (Å²) in [5, 5.41) is 5.64. The largest absolute Gasteiger partial charge is 0.380 e. The average molecular weight is 278 g/mol. The summed E-state index contributed by atoms with van der Waals surface area (Å²) >= 11 is 0. The molecular weight excluding hydrogens is 256 g/mol. The van der Waals surface area contributed by atoms with Gasteiger partial charge in [-0.1, -0.05) is 0 Å². The van der Waals surface area contributed by atoms with Crippen molar-refractivity contribution in [3.8, 4) is 0 Å². The summed E-state index contributed by atoms with van der Waals surface area (Å²) in [4.78, 5) is 11.4. The van der Waals surface area contributed by atoms with E-state index < -0.39 is 15.6 Å². The Hall–Kier alpha value is -0.660. The summed E-state index contributed by atoms with van der Waals surface area (Å²) in [6, 6.07) is 0.206. The molecular formula is C11H22N2O4S. The Morgan fingerprint density at radius 1 is 1.33 bits per heavy atom. The number of hydrogen-bond acceptors (Lipinski definition) is 5. The van der Waals surface area contributed by atoms with Crippen molar-refractivity contribution in [1.29, 1.82) is 0 Å². The number of amides is 1. The maximum absolute atomic E-state index is 11.6. The molecule has 1 saturated carbocycles. The highest BCUT2D eigenvalue weighted by atomic mass is 32.2. The molecule has 1 aliphatic rings. The van der Waals surface area contributed by atoms with Gasteiger partial charge in [-0.05, 0) is 19.8 Å². The Morgan fingerprint density at radius 3 is 2.67 bits per heavy atom. The number of rotatable bonds is 10. The van der Waals surface area contributed by atoms with Crippen LogP contribution in [0.4, 0.5) is 0 Å². The maximum atomic E-state index is 11.6. The smallest absolute Gasteiger partial charge is 0.235 e. The monoisotopic (exact) mass is 278 g/mol. The van der Waals surface area contributed by atoms with Crippen LogP contribution in [-0.4, -0.2) is 58.2 Å². The molecule has 0 unspecified atom stereocenters. The molecule has 2 N–H and O–H groups in total. The van der Waals surface area contributed by atoms with Gasteiger partial charge in [0.05, 0.1) is 12.4 Å². The summed E-state index contributed by atoms with van der Waals surface area (Å²) in [6.45, 7) is 4.10. The van der Waals surface area contributed by atoms with E-state index in [1.54, 1.807) is 0 Å². The van der Waals surface area contributed by atoms with Gasteiger partial charge >= 0.3 is 0 Å². The number of sulfone groups is 1. The number of nitrogens with one attached hydrogen (secondary N) is 2. The minimum Gasteiger partial charge on any atom is -0.380 e. The third-order valence-corrected chi connectivity index (χ3v) is 4.04. The van der Waals surface area contributed by atoms with Gasteiger partial charge in [0.2, 0.25) is 5.91 Å². The van der Waals surface area contributed by atoms with E-state index in [1.165, 1.54) is 0 Å². The van der Waals surface area contributed by atoms with Gasteiger partial charge in [0.15, 0.2) is 9.84 Å². The van der Waals surface area contributed by atoms with Gasteiger partial charge < -0.3 is 15.4 Å². The Kier molecular flexibility index (Phi) is 6.59. The van der Waals surface area contributed by atoms with Crippen LogP contribution < -0.4 is 10.6 Å². The zero-order valence-electron chi connectivity index (χ0n) is 10.8. The van der Waals surface area contributed by atoms with Gasteiger partial charge in [-0.2, -0.15) is 0 Å². The lowest BCUT2D eigenvalue weighted by molar-refractivity contribution is -0.118. The summed E-state index contributed by atoms with van der Waals surface area (Å²) < 4.78 is 28.3. The molecule has 1 rings (SSSR count). The molecule has 0 saturated heterocycles. The van der Waals surface area contributed by atoms with Gasteiger partial charge in [0.1, 0.15) is 5.75 Å². The lowest BCUT2D eigenvalue weighted by atomic mass is 10.6. The second-order valence-corrected chi connectivity index (χ2v) is 6.56. The highest BCUT2D eigenvalue weighted by Gasteiger charge is 2.25. The second kappa shape index (κ2) is 7.70. The van der Waals surface area contributed by atoms with Crippen LogP contribution in [-0.2, 0) is 19.4 Å². The highest BCUT2D eigenvalue weighted by Crippen LogP contribution is 2.18. The van der Waals surface area contributed by atoms with E-state index in [0.717, 1.165) is 12.8 Å². The zero-order valence-corrected chi connectivity index (χ0v) is 11.6. The van der Waals surface area contributed by atoms with Crippen LogP contribution in [0.25, 0.3) is 0 Å². The lowest BCUT2D eigenvalue weighted by Crippen LogP contribution is -2.35. The van der Waals surface area contributed by atoms with E-state index in [-0.39, 0.29) is 17.7 Å². The van der Waals surface area contributed by atoms with Crippen LogP contribution in [0.5, 0.6) is 0 Å². The van der Waals surface area contributed by atoms with Gasteiger partial charge in [-0.3, -0.25) is 4.79 Å². The predicted octanol–water partition coefficient (Wildman–Crippen LogP) is -0.694. The molecule has 7 heteroatoms. The Balaban J connectivity index is 2.08. The summed E-state index contributed by atoms with van der Waals surface area (Å²) in [5.41, 5.74) is 0. The standard InChI is InChI=1S/C11H22N2O4S/c1-2-17-7-5-12-6-8-18(15,16)9-11(14)13-10-3-4-10/h10,12H,2-9H2,1H3,(H,13,14). The Morgan fingerprint density at radius 2 is 2.06 bits per heavy atom. The SMILES string of the molecule is CCOCCNCCS(=O)(=O)CC(=O)NC1CC1. The third kappa shape index (κ3) is 7.62. The zero-order chi connectivity index (χ0) is 13.4. The maximum Gasteiger partial charge on any atom is 0.235 e. The van der Waals surface area contributed by atoms with Gasteiger partial charge in [0.25, 0.3) is 0 Å². The number of ether oxygens (including phenoxy) is 1. The Labute approximate surface area is 108 Å². The predicted molar refractivity (Wildman–Crippen MR) is 69.2 cm³/mol. The first-order valence-corrected chi connectivity index (χ1v) is 8.14. The van der Waals surface area contributed by atoms with Crippen LogP contribution >= 0.6 is 0 Å². The molecule has 0 aromatic carbocycles. The van der Waals surface area contributed by atoms with Crippen LogP contribution in [0.1, 0.15) is 19.8 Å². The van der Waals surface area contributed by atoms with Crippen molar-refractivity contribution in [3.05, 3.63) is 0 Å². The topological polar surface area (TPSA) is 84.5 Å². The van der Waals surface area contributed by atoms with Crippen LogP contribution in [0.3, 0.4) is 0 Å². The highest BCUT2D eigenvalue weighted by molar-refractivity contribution is 7.92. The van der Waals surface area contributed by atoms with E-state index in [2.05, 4.69) is 10.6 Å². The van der Waals surface area contributed by atoms with Gasteiger partial charge in [0, 0.05) is 25.7 Å². The van der Waals surface area contributed by atoms with Crippen molar-refractivity contribution in [1.82, 2.24) is 10.6 Å². The molecule has 0 aromatic heterocycles. The number of hydrogen-bond donors (Lipinski definition) is 2. The van der Waals surface area contributed by atoms with Gasteiger partial charge in [-0.25, -0.2) is 8.42 Å². The molecule has 1 amide bonds. The molecule has 0 aromatic rings. The number of carbonyl (C=O) groups is 1. The summed E-state index contributed by atoms with van der Waals surface area (Å²) in [7, 11) is -3.31. The van der Waals surface area contributed by atoms with Crippen molar-refractivity contribution >= 4 is 15.7 Å². The van der Waals surface area contributed by atoms with Crippen molar-refractivity contribution in [3.63, 3.8) is 0 Å². The van der Waals surface area contributed by atoms with E-state index >= 15 is 0 Å². The first kappa shape index (κ1) is 15.4. The normalized spacial score (nSPS) is 15.6. The fourth-order valence-electron chi connectivity index (χ4n) is 1.41. The first-order valence-electron chi connectivity index (χ1n) is 6.32. The molecule has 0 atom stereocenters. The summed E-state index contributed by atoms with van der Waals surface area (Å²) in [6.07, 6.45) is 1.93. The van der Waals surface area contributed by atoms with Crippen LogP contribution in [0.15, 0.2) is 0 Å². The van der Waals surface area contributed by atoms with E-state index in [0.29, 0.717) is 26.3 Å². The molecule has 0 bridgehead atoms. The molecule has 18 heavy (non-hydrogen) atoms. The fraction of sp³-hybridized carbons (Fsp3) is 0.909. The number of carbonyl (C=O) groups excluding carboxylic acids is 1. The molecule has 6 nitrogen and oxygen atoms in total. The molecule has 0 aliphatic heterocycles. The molecule has 0 spiro atoms. The van der Waals surface area contributed by atoms with Crippen molar-refractivity contribution in [2.24, 2.45) is 0 Å². The minimum atomic E-state index is -3.31. The fourth-order valence-corrected chi connectivity index (χ4v) is 2.49. The molecule has 1 aliphatic carbocycles. The lowest BCUT2D eigenvalue weighted by Gasteiger charge is -2.06. The molecule has 106 valence electrons. The molecule has 1 fully saturated rings. The minimum absolute atomic E-state index is 0.0167. The second-order valence-electron chi connectivity index (χ2n) is 4.38. The van der Waals surface area contributed by atoms with Crippen molar-refractivity contribution in [2.75, 3.05) is 37.8 Å². The molecule has 0 heterocycles. The van der Waals surface area contributed by atoms with E-state index in [9.17, 15) is 13.2 Å². The van der Waals surface area contributed by atoms with Gasteiger partial charge in [-0.15, -0.1) is 0 Å². The Bertz CT molecular complexity index is 352. The average Bonchev–Trinajstić information content (AvgIpc) is 3.06. The molecule has 0 radical (unpaired) electrons. The van der Waals surface area contributed by atoms with Crippen molar-refractivity contribution in [2.45, 2.75) is 25.8 Å².